The molecule has 0 fully saturated rings. The minimum atomic E-state index is -0.698. The lowest BCUT2D eigenvalue weighted by atomic mass is 10.2. The van der Waals surface area contributed by atoms with Gasteiger partial charge >= 0.3 is 5.97 Å². The van der Waals surface area contributed by atoms with Gasteiger partial charge in [-0.05, 0) is 32.7 Å². The molecule has 1 N–H and O–H groups in total. The maximum Gasteiger partial charge on any atom is 0.303 e. The van der Waals surface area contributed by atoms with Crippen LogP contribution < -0.4 is 0 Å². The summed E-state index contributed by atoms with van der Waals surface area (Å²) in [5, 5.41) is 8.50. The van der Waals surface area contributed by atoms with Gasteiger partial charge in [-0.1, -0.05) is 6.92 Å². The minimum Gasteiger partial charge on any atom is -0.481 e. The molecule has 0 radical (unpaired) electrons. The van der Waals surface area contributed by atoms with Gasteiger partial charge in [0.05, 0.1) is 0 Å². The van der Waals surface area contributed by atoms with Gasteiger partial charge in [0.25, 0.3) is 0 Å². The van der Waals surface area contributed by atoms with Crippen LogP contribution in [0.4, 0.5) is 0 Å². The summed E-state index contributed by atoms with van der Waals surface area (Å²) in [6, 6.07) is 0.582. The van der Waals surface area contributed by atoms with Crippen LogP contribution in [0.15, 0.2) is 0 Å². The number of aliphatic carboxylic acids is 1. The number of thioether (sulfide) groups is 1. The van der Waals surface area contributed by atoms with E-state index in [4.69, 9.17) is 5.11 Å². The molecule has 0 aliphatic rings. The molecular formula is C10H21NO2S. The molecule has 0 amide bonds. The Kier molecular flexibility index (Phi) is 7.99. The quantitative estimate of drug-likeness (QED) is 0.677. The minimum absolute atomic E-state index is 0.278. The van der Waals surface area contributed by atoms with Gasteiger partial charge in [-0.15, -0.1) is 0 Å². The zero-order valence-electron chi connectivity index (χ0n) is 9.32. The van der Waals surface area contributed by atoms with Crippen molar-refractivity contribution in [1.29, 1.82) is 0 Å². The zero-order valence-corrected chi connectivity index (χ0v) is 10.1. The Bertz CT molecular complexity index is 164. The zero-order chi connectivity index (χ0) is 11.0. The van der Waals surface area contributed by atoms with E-state index in [1.807, 2.05) is 11.8 Å². The highest BCUT2D eigenvalue weighted by Gasteiger charge is 2.11. The first-order valence-corrected chi connectivity index (χ1v) is 6.42. The molecule has 0 spiro atoms. The lowest BCUT2D eigenvalue weighted by molar-refractivity contribution is -0.137. The standard InChI is InChI=1S/C10H21NO2S/c1-4-9(8-14-3)11(2)7-5-6-10(12)13/h9H,4-8H2,1-3H3,(H,12,13). The largest absolute Gasteiger partial charge is 0.481 e. The first-order chi connectivity index (χ1) is 6.61. The van der Waals surface area contributed by atoms with Crippen LogP contribution in [-0.2, 0) is 4.79 Å². The lowest BCUT2D eigenvalue weighted by Gasteiger charge is -2.26. The Labute approximate surface area is 90.9 Å². The molecule has 14 heavy (non-hydrogen) atoms. The van der Waals surface area contributed by atoms with Crippen molar-refractivity contribution in [2.75, 3.05) is 25.6 Å². The average Bonchev–Trinajstić information content (AvgIpc) is 2.13. The van der Waals surface area contributed by atoms with Crippen molar-refractivity contribution in [3.05, 3.63) is 0 Å². The molecule has 0 rings (SSSR count). The second kappa shape index (κ2) is 8.12. The molecule has 0 aromatic carbocycles. The van der Waals surface area contributed by atoms with Crippen LogP contribution in [0.2, 0.25) is 0 Å². The van der Waals surface area contributed by atoms with Gasteiger partial charge in [0, 0.05) is 18.2 Å². The number of hydrogen-bond acceptors (Lipinski definition) is 3. The average molecular weight is 219 g/mol. The fourth-order valence-electron chi connectivity index (χ4n) is 1.41. The Morgan fingerprint density at radius 2 is 2.21 bits per heavy atom. The van der Waals surface area contributed by atoms with Gasteiger partial charge in [-0.25, -0.2) is 0 Å². The van der Waals surface area contributed by atoms with Crippen LogP contribution >= 0.6 is 11.8 Å². The van der Waals surface area contributed by atoms with E-state index in [1.165, 1.54) is 0 Å². The predicted octanol–water partition coefficient (Wildman–Crippen LogP) is 1.92. The van der Waals surface area contributed by atoms with Crippen molar-refractivity contribution in [3.63, 3.8) is 0 Å². The highest BCUT2D eigenvalue weighted by molar-refractivity contribution is 7.98. The molecule has 1 unspecified atom stereocenters. The number of nitrogens with zero attached hydrogens (tertiary/aromatic N) is 1. The second-order valence-corrected chi connectivity index (χ2v) is 4.41. The van der Waals surface area contributed by atoms with Crippen LogP contribution in [0.1, 0.15) is 26.2 Å². The van der Waals surface area contributed by atoms with Crippen molar-refractivity contribution in [3.8, 4) is 0 Å². The highest BCUT2D eigenvalue weighted by atomic mass is 32.2. The van der Waals surface area contributed by atoms with E-state index in [9.17, 15) is 4.79 Å². The molecule has 3 nitrogen and oxygen atoms in total. The number of rotatable bonds is 8. The first kappa shape index (κ1) is 13.8. The topological polar surface area (TPSA) is 40.5 Å². The monoisotopic (exact) mass is 219 g/mol. The SMILES string of the molecule is CCC(CSC)N(C)CCCC(=O)O. The predicted molar refractivity (Wildman–Crippen MR) is 62.0 cm³/mol. The fraction of sp³-hybridized carbons (Fsp3) is 0.900. The molecule has 0 aliphatic heterocycles. The van der Waals surface area contributed by atoms with Crippen LogP contribution in [0, 0.1) is 0 Å². The van der Waals surface area contributed by atoms with Crippen LogP contribution in [-0.4, -0.2) is 47.6 Å². The van der Waals surface area contributed by atoms with E-state index in [1.54, 1.807) is 0 Å². The second-order valence-electron chi connectivity index (χ2n) is 3.50. The van der Waals surface area contributed by atoms with Gasteiger partial charge in [-0.2, -0.15) is 11.8 Å². The summed E-state index contributed by atoms with van der Waals surface area (Å²) in [5.74, 6) is 0.427. The molecule has 0 heterocycles. The number of hydrogen-bond donors (Lipinski definition) is 1. The van der Waals surface area contributed by atoms with Gasteiger partial charge in [0.1, 0.15) is 0 Å². The summed E-state index contributed by atoms with van der Waals surface area (Å²) < 4.78 is 0. The Hall–Kier alpha value is -0.220. The van der Waals surface area contributed by atoms with Gasteiger partial charge in [-0.3, -0.25) is 4.79 Å². The van der Waals surface area contributed by atoms with E-state index < -0.39 is 5.97 Å². The molecule has 1 atom stereocenters. The summed E-state index contributed by atoms with van der Waals surface area (Å²) in [5.41, 5.74) is 0. The molecule has 0 saturated heterocycles. The van der Waals surface area contributed by atoms with Gasteiger partial charge < -0.3 is 10.0 Å². The molecule has 0 aliphatic carbocycles. The summed E-state index contributed by atoms with van der Waals surface area (Å²) >= 11 is 1.84. The Morgan fingerprint density at radius 3 is 2.64 bits per heavy atom. The Morgan fingerprint density at radius 1 is 1.57 bits per heavy atom. The van der Waals surface area contributed by atoms with Crippen molar-refractivity contribution in [2.24, 2.45) is 0 Å². The molecule has 84 valence electrons. The number of carbonyl (C=O) groups is 1. The van der Waals surface area contributed by atoms with Crippen molar-refractivity contribution in [1.82, 2.24) is 4.90 Å². The molecule has 0 saturated carbocycles. The van der Waals surface area contributed by atoms with Crippen LogP contribution in [0.3, 0.4) is 0 Å². The smallest absolute Gasteiger partial charge is 0.303 e. The van der Waals surface area contributed by atoms with Crippen molar-refractivity contribution in [2.45, 2.75) is 32.2 Å². The van der Waals surface area contributed by atoms with Gasteiger partial charge in [0.2, 0.25) is 0 Å². The van der Waals surface area contributed by atoms with Crippen LogP contribution in [0.5, 0.6) is 0 Å². The maximum absolute atomic E-state index is 10.3. The van der Waals surface area contributed by atoms with Crippen molar-refractivity contribution >= 4 is 17.7 Å². The molecule has 0 aromatic heterocycles. The molecule has 4 heteroatoms. The van der Waals surface area contributed by atoms with E-state index >= 15 is 0 Å². The van der Waals surface area contributed by atoms with Gasteiger partial charge in [0.15, 0.2) is 0 Å². The molecular weight excluding hydrogens is 198 g/mol. The third kappa shape index (κ3) is 6.27. The first-order valence-electron chi connectivity index (χ1n) is 5.02. The fourth-order valence-corrected chi connectivity index (χ4v) is 2.29. The van der Waals surface area contributed by atoms with Crippen molar-refractivity contribution < 1.29 is 9.90 Å². The summed E-state index contributed by atoms with van der Waals surface area (Å²) in [6.45, 7) is 3.06. The van der Waals surface area contributed by atoms with Crippen LogP contribution in [0.25, 0.3) is 0 Å². The Balaban J connectivity index is 3.68. The summed E-state index contributed by atoms with van der Waals surface area (Å²) in [4.78, 5) is 12.6. The maximum atomic E-state index is 10.3. The van der Waals surface area contributed by atoms with E-state index in [-0.39, 0.29) is 6.42 Å². The summed E-state index contributed by atoms with van der Waals surface area (Å²) in [6.07, 6.45) is 4.26. The number of carboxylic acids is 1. The van der Waals surface area contributed by atoms with E-state index in [2.05, 4.69) is 25.1 Å². The normalized spacial score (nSPS) is 13.1. The molecule has 0 aromatic rings. The molecule has 0 bridgehead atoms. The number of carboxylic acid groups (broad SMARTS) is 1. The third-order valence-electron chi connectivity index (χ3n) is 2.36. The third-order valence-corrected chi connectivity index (χ3v) is 3.07. The summed E-state index contributed by atoms with van der Waals surface area (Å²) in [7, 11) is 2.08. The highest BCUT2D eigenvalue weighted by Crippen LogP contribution is 2.09. The van der Waals surface area contributed by atoms with E-state index in [0.717, 1.165) is 25.1 Å². The van der Waals surface area contributed by atoms with E-state index in [0.29, 0.717) is 6.04 Å². The lowest BCUT2D eigenvalue weighted by Crippen LogP contribution is -2.34.